The molecule has 0 radical (unpaired) electrons. The van der Waals surface area contributed by atoms with E-state index in [-0.39, 0.29) is 35.0 Å². The van der Waals surface area contributed by atoms with Crippen LogP contribution in [0.1, 0.15) is 22.9 Å². The molecule has 0 aliphatic carbocycles. The Morgan fingerprint density at radius 2 is 1.83 bits per heavy atom. The van der Waals surface area contributed by atoms with Gasteiger partial charge in [0.15, 0.2) is 0 Å². The van der Waals surface area contributed by atoms with E-state index in [0.29, 0.717) is 9.65 Å². The Labute approximate surface area is 196 Å². The van der Waals surface area contributed by atoms with E-state index < -0.39 is 40.5 Å². The molecule has 0 fully saturated rings. The van der Waals surface area contributed by atoms with Crippen molar-refractivity contribution in [1.82, 2.24) is 19.4 Å². The monoisotopic (exact) mass is 510 g/mol. The third-order valence-corrected chi connectivity index (χ3v) is 6.71. The van der Waals surface area contributed by atoms with Gasteiger partial charge in [-0.05, 0) is 42.0 Å². The quantitative estimate of drug-likeness (QED) is 0.500. The van der Waals surface area contributed by atoms with Crippen LogP contribution in [0.3, 0.4) is 0 Å². The van der Waals surface area contributed by atoms with E-state index >= 15 is 0 Å². The van der Waals surface area contributed by atoms with Crippen molar-refractivity contribution < 1.29 is 41.0 Å². The van der Waals surface area contributed by atoms with Crippen LogP contribution in [0, 0.1) is 5.82 Å². The Balaban J connectivity index is 1.52. The zero-order valence-electron chi connectivity index (χ0n) is 17.6. The van der Waals surface area contributed by atoms with Gasteiger partial charge in [-0.2, -0.15) is 26.4 Å². The highest BCUT2D eigenvalue weighted by atomic mass is 32.2. The second-order valence-electron chi connectivity index (χ2n) is 7.46. The van der Waals surface area contributed by atoms with Gasteiger partial charge < -0.3 is 20.1 Å². The number of nitrogens with one attached hydrogen (secondary N) is 1. The number of rotatable bonds is 7. The van der Waals surface area contributed by atoms with Crippen molar-refractivity contribution in [3.63, 3.8) is 0 Å². The molecule has 0 saturated carbocycles. The van der Waals surface area contributed by atoms with E-state index in [1.165, 1.54) is 23.2 Å². The number of hydrogen-bond acceptors (Lipinski definition) is 6. The molecule has 184 valence electrons. The molecule has 10 nitrogen and oxygen atoms in total. The molecule has 1 aliphatic rings. The summed E-state index contributed by atoms with van der Waals surface area (Å²) in [6, 6.07) is 7.91. The van der Waals surface area contributed by atoms with Gasteiger partial charge in [0.05, 0.1) is 17.1 Å². The van der Waals surface area contributed by atoms with Crippen LogP contribution >= 0.6 is 0 Å². The number of hydrogen-bond donors (Lipinski definition) is 2. The zero-order chi connectivity index (χ0) is 25.3. The first-order valence-electron chi connectivity index (χ1n) is 9.96. The predicted octanol–water partition coefficient (Wildman–Crippen LogP) is 2.71. The highest BCUT2D eigenvalue weighted by molar-refractivity contribution is 7.89. The molecule has 14 heteroatoms. The third kappa shape index (κ3) is 5.06. The highest BCUT2D eigenvalue weighted by Crippen LogP contribution is 2.28. The summed E-state index contributed by atoms with van der Waals surface area (Å²) >= 11 is 0. The Bertz CT molecular complexity index is 1350. The first-order chi connectivity index (χ1) is 16.5. The number of alkyl halides is 2. The largest absolute Gasteiger partial charge is 0.465 e. The molecule has 0 spiro atoms. The zero-order valence-corrected chi connectivity index (χ0v) is 18.5. The first-order valence-corrected chi connectivity index (χ1v) is 11.4. The Morgan fingerprint density at radius 3 is 2.43 bits per heavy atom. The van der Waals surface area contributed by atoms with Crippen LogP contribution in [0.15, 0.2) is 59.6 Å². The van der Waals surface area contributed by atoms with Crippen molar-refractivity contribution >= 4 is 22.0 Å². The number of halogens is 3. The molecule has 2 amide bonds. The number of carboxylic acid groups (broad SMARTS) is 1. The van der Waals surface area contributed by atoms with Gasteiger partial charge in [-0.1, -0.05) is 12.1 Å². The summed E-state index contributed by atoms with van der Waals surface area (Å²) in [6.07, 6.45) is -0.269. The van der Waals surface area contributed by atoms with Crippen LogP contribution in [-0.4, -0.2) is 46.2 Å². The molecule has 2 N–H and O–H groups in total. The second kappa shape index (κ2) is 9.29. The van der Waals surface area contributed by atoms with Gasteiger partial charge in [-0.25, -0.2) is 9.18 Å². The standard InChI is InChI=1S/C21H17F3N4O6S/c22-14-3-1-2-12(8-14)18(25-21(30)31)19(29)27-9-13-10-28(26-17(13)11-27)35(32,33)16-6-4-15(5-7-16)34-20(23)24/h1-8,10,18,20,25H,9,11H2,(H,30,31)/t18-/m0/s1. The highest BCUT2D eigenvalue weighted by Gasteiger charge is 2.34. The van der Waals surface area contributed by atoms with Gasteiger partial charge in [-0.15, -0.1) is 0 Å². The maximum atomic E-state index is 13.6. The van der Waals surface area contributed by atoms with E-state index in [1.54, 1.807) is 0 Å². The maximum Gasteiger partial charge on any atom is 0.405 e. The fourth-order valence-corrected chi connectivity index (χ4v) is 4.76. The SMILES string of the molecule is O=C(O)N[C@H](C(=O)N1Cc2cn(S(=O)(=O)c3ccc(OC(F)F)cc3)nc2C1)c1cccc(F)c1. The smallest absolute Gasteiger partial charge is 0.405 e. The van der Waals surface area contributed by atoms with Gasteiger partial charge in [0.2, 0.25) is 0 Å². The number of amides is 2. The van der Waals surface area contributed by atoms with Gasteiger partial charge in [0, 0.05) is 18.3 Å². The topological polar surface area (TPSA) is 131 Å². The minimum absolute atomic E-state index is 0.0576. The van der Waals surface area contributed by atoms with Gasteiger partial charge in [0.25, 0.3) is 15.9 Å². The van der Waals surface area contributed by atoms with Crippen molar-refractivity contribution in [2.24, 2.45) is 0 Å². The van der Waals surface area contributed by atoms with E-state index in [4.69, 9.17) is 5.11 Å². The molecular formula is C21H17F3N4O6S. The number of benzene rings is 2. The summed E-state index contributed by atoms with van der Waals surface area (Å²) in [5.41, 5.74) is 0.787. The van der Waals surface area contributed by atoms with E-state index in [9.17, 15) is 31.2 Å². The van der Waals surface area contributed by atoms with Crippen LogP contribution in [-0.2, 0) is 27.9 Å². The molecule has 0 bridgehead atoms. The fourth-order valence-electron chi connectivity index (χ4n) is 3.59. The summed E-state index contributed by atoms with van der Waals surface area (Å²) in [5, 5.41) is 15.2. The van der Waals surface area contributed by atoms with Crippen LogP contribution < -0.4 is 10.1 Å². The average molecular weight is 510 g/mol. The molecule has 1 aliphatic heterocycles. The van der Waals surface area contributed by atoms with Crippen LogP contribution in [0.2, 0.25) is 0 Å². The molecule has 4 rings (SSSR count). The minimum atomic E-state index is -4.15. The van der Waals surface area contributed by atoms with E-state index in [1.807, 2.05) is 0 Å². The second-order valence-corrected chi connectivity index (χ2v) is 9.26. The van der Waals surface area contributed by atoms with Crippen LogP contribution in [0.5, 0.6) is 5.75 Å². The summed E-state index contributed by atoms with van der Waals surface area (Å²) < 4.78 is 68.8. The van der Waals surface area contributed by atoms with Gasteiger partial charge in [-0.3, -0.25) is 4.79 Å². The van der Waals surface area contributed by atoms with E-state index in [0.717, 1.165) is 36.4 Å². The molecule has 3 aromatic rings. The van der Waals surface area contributed by atoms with Crippen molar-refractivity contribution in [3.05, 3.63) is 77.4 Å². The lowest BCUT2D eigenvalue weighted by Crippen LogP contribution is -2.40. The maximum absolute atomic E-state index is 13.6. The van der Waals surface area contributed by atoms with Crippen LogP contribution in [0.4, 0.5) is 18.0 Å². The van der Waals surface area contributed by atoms with Gasteiger partial charge in [0.1, 0.15) is 17.6 Å². The minimum Gasteiger partial charge on any atom is -0.465 e. The van der Waals surface area contributed by atoms with Crippen molar-refractivity contribution in [2.45, 2.75) is 30.6 Å². The lowest BCUT2D eigenvalue weighted by molar-refractivity contribution is -0.134. The lowest BCUT2D eigenvalue weighted by Gasteiger charge is -2.23. The number of carbonyl (C=O) groups excluding carboxylic acids is 1. The normalized spacial score (nSPS) is 14.0. The summed E-state index contributed by atoms with van der Waals surface area (Å²) in [4.78, 5) is 25.3. The molecule has 2 heterocycles. The molecule has 1 aromatic heterocycles. The predicted molar refractivity (Wildman–Crippen MR) is 112 cm³/mol. The Hall–Kier alpha value is -4.07. The number of fused-ring (bicyclic) bond motifs is 1. The lowest BCUT2D eigenvalue weighted by atomic mass is 10.1. The van der Waals surface area contributed by atoms with E-state index in [2.05, 4.69) is 15.2 Å². The first kappa shape index (κ1) is 24.1. The molecule has 0 unspecified atom stereocenters. The van der Waals surface area contributed by atoms with Gasteiger partial charge >= 0.3 is 12.7 Å². The third-order valence-electron chi connectivity index (χ3n) is 5.16. The average Bonchev–Trinajstić information content (AvgIpc) is 3.37. The number of nitrogens with zero attached hydrogens (tertiary/aromatic N) is 3. The summed E-state index contributed by atoms with van der Waals surface area (Å²) in [7, 11) is -4.15. The number of aromatic nitrogens is 2. The fraction of sp³-hybridized carbons (Fsp3) is 0.190. The molecule has 35 heavy (non-hydrogen) atoms. The Kier molecular flexibility index (Phi) is 6.39. The number of carbonyl (C=O) groups is 2. The summed E-state index contributed by atoms with van der Waals surface area (Å²) in [5.74, 6) is -1.52. The Morgan fingerprint density at radius 1 is 1.11 bits per heavy atom. The molecule has 1 atom stereocenters. The molecular weight excluding hydrogens is 493 g/mol. The summed E-state index contributed by atoms with van der Waals surface area (Å²) in [6.45, 7) is -3.22. The molecule has 0 saturated heterocycles. The molecule has 2 aromatic carbocycles. The van der Waals surface area contributed by atoms with Crippen molar-refractivity contribution in [1.29, 1.82) is 0 Å². The number of ether oxygens (including phenoxy) is 1. The van der Waals surface area contributed by atoms with Crippen molar-refractivity contribution in [3.8, 4) is 5.75 Å². The van der Waals surface area contributed by atoms with Crippen molar-refractivity contribution in [2.75, 3.05) is 0 Å². The van der Waals surface area contributed by atoms with Crippen LogP contribution in [0.25, 0.3) is 0 Å².